The molecule has 0 N–H and O–H groups in total. The second kappa shape index (κ2) is 7.10. The van der Waals surface area contributed by atoms with Crippen molar-refractivity contribution >= 4 is 28.5 Å². The minimum absolute atomic E-state index is 0.611. The Hall–Kier alpha value is -0.430. The van der Waals surface area contributed by atoms with Crippen molar-refractivity contribution in [3.8, 4) is 0 Å². The van der Waals surface area contributed by atoms with Gasteiger partial charge in [0.25, 0.3) is 0 Å². The van der Waals surface area contributed by atoms with Crippen LogP contribution in [0.2, 0.25) is 0 Å². The lowest BCUT2D eigenvalue weighted by atomic mass is 10.2. The van der Waals surface area contributed by atoms with Gasteiger partial charge in [0.15, 0.2) is 0 Å². The predicted molar refractivity (Wildman–Crippen MR) is 80.4 cm³/mol. The lowest BCUT2D eigenvalue weighted by Gasteiger charge is -2.25. The molecule has 0 spiro atoms. The van der Waals surface area contributed by atoms with Crippen LogP contribution in [0.3, 0.4) is 0 Å². The second-order valence-corrected chi connectivity index (χ2v) is 6.09. The van der Waals surface area contributed by atoms with Crippen LogP contribution in [0.5, 0.6) is 0 Å². The van der Waals surface area contributed by atoms with Gasteiger partial charge in [-0.25, -0.2) is 9.97 Å². The summed E-state index contributed by atoms with van der Waals surface area (Å²) in [4.78, 5) is 13.2. The number of anilines is 1. The monoisotopic (exact) mass is 348 g/mol. The molecule has 1 aromatic heterocycles. The van der Waals surface area contributed by atoms with Gasteiger partial charge in [0.05, 0.1) is 0 Å². The molecular formula is C12H21IN4. The van der Waals surface area contributed by atoms with E-state index in [9.17, 15) is 0 Å². The molecule has 0 bridgehead atoms. The third-order valence-electron chi connectivity index (χ3n) is 2.29. The molecule has 0 fully saturated rings. The van der Waals surface area contributed by atoms with E-state index < -0.39 is 0 Å². The van der Waals surface area contributed by atoms with Crippen LogP contribution in [0.4, 0.5) is 5.95 Å². The summed E-state index contributed by atoms with van der Waals surface area (Å²) < 4.78 is 1.07. The molecule has 0 aliphatic rings. The zero-order chi connectivity index (χ0) is 12.8. The first-order chi connectivity index (χ1) is 7.99. The van der Waals surface area contributed by atoms with Crippen LogP contribution in [0.1, 0.15) is 13.8 Å². The lowest BCUT2D eigenvalue weighted by Crippen LogP contribution is -2.35. The summed E-state index contributed by atoms with van der Waals surface area (Å²) in [5, 5.41) is 0. The van der Waals surface area contributed by atoms with Gasteiger partial charge in [-0.05, 0) is 42.6 Å². The molecule has 0 amide bonds. The van der Waals surface area contributed by atoms with E-state index in [1.807, 2.05) is 12.4 Å². The molecule has 1 heterocycles. The molecule has 0 saturated heterocycles. The third kappa shape index (κ3) is 5.63. The zero-order valence-electron chi connectivity index (χ0n) is 11.0. The van der Waals surface area contributed by atoms with Crippen LogP contribution in [0.15, 0.2) is 12.4 Å². The molecule has 0 aliphatic carbocycles. The fourth-order valence-corrected chi connectivity index (χ4v) is 1.78. The quantitative estimate of drug-likeness (QED) is 0.737. The van der Waals surface area contributed by atoms with Crippen molar-refractivity contribution in [1.82, 2.24) is 14.9 Å². The normalized spacial score (nSPS) is 11.2. The number of likely N-dealkylation sites (N-methyl/N-ethyl adjacent to an activating group) is 1. The highest BCUT2D eigenvalue weighted by Crippen LogP contribution is 2.10. The molecule has 0 atom stereocenters. The SMILES string of the molecule is CC(C)CN(CCN(C)C)c1ncc(I)cn1. The molecule has 5 heteroatoms. The largest absolute Gasteiger partial charge is 0.339 e. The molecule has 0 aromatic carbocycles. The van der Waals surface area contributed by atoms with Gasteiger partial charge in [-0.15, -0.1) is 0 Å². The van der Waals surface area contributed by atoms with E-state index in [1.54, 1.807) is 0 Å². The van der Waals surface area contributed by atoms with Crippen LogP contribution < -0.4 is 4.90 Å². The summed E-state index contributed by atoms with van der Waals surface area (Å²) >= 11 is 2.23. The minimum atomic E-state index is 0.611. The molecule has 96 valence electrons. The van der Waals surface area contributed by atoms with Gasteiger partial charge in [-0.3, -0.25) is 0 Å². The number of rotatable bonds is 6. The Kier molecular flexibility index (Phi) is 6.11. The van der Waals surface area contributed by atoms with Crippen LogP contribution in [0, 0.1) is 9.49 Å². The Morgan fingerprint density at radius 2 is 1.76 bits per heavy atom. The zero-order valence-corrected chi connectivity index (χ0v) is 13.2. The Morgan fingerprint density at radius 1 is 1.18 bits per heavy atom. The van der Waals surface area contributed by atoms with Gasteiger partial charge < -0.3 is 9.80 Å². The number of halogens is 1. The maximum atomic E-state index is 4.40. The molecule has 0 radical (unpaired) electrons. The molecule has 0 aliphatic heterocycles. The summed E-state index contributed by atoms with van der Waals surface area (Å²) in [7, 11) is 4.17. The maximum Gasteiger partial charge on any atom is 0.225 e. The summed E-state index contributed by atoms with van der Waals surface area (Å²) in [6.45, 7) is 7.41. The first kappa shape index (κ1) is 14.6. The third-order valence-corrected chi connectivity index (χ3v) is 2.85. The van der Waals surface area contributed by atoms with E-state index in [0.717, 1.165) is 29.2 Å². The Balaban J connectivity index is 2.70. The van der Waals surface area contributed by atoms with Crippen molar-refractivity contribution in [1.29, 1.82) is 0 Å². The minimum Gasteiger partial charge on any atom is -0.339 e. The number of hydrogen-bond donors (Lipinski definition) is 0. The molecule has 0 saturated carbocycles. The first-order valence-corrected chi connectivity index (χ1v) is 6.94. The fourth-order valence-electron chi connectivity index (χ4n) is 1.50. The average Bonchev–Trinajstić information content (AvgIpc) is 2.25. The summed E-state index contributed by atoms with van der Waals surface area (Å²) in [6.07, 6.45) is 3.73. The number of aromatic nitrogens is 2. The topological polar surface area (TPSA) is 32.3 Å². The summed E-state index contributed by atoms with van der Waals surface area (Å²) in [5.74, 6) is 1.45. The predicted octanol–water partition coefficient (Wildman–Crippen LogP) is 2.11. The highest BCUT2D eigenvalue weighted by molar-refractivity contribution is 14.1. The lowest BCUT2D eigenvalue weighted by molar-refractivity contribution is 0.407. The second-order valence-electron chi connectivity index (χ2n) is 4.84. The van der Waals surface area contributed by atoms with E-state index in [-0.39, 0.29) is 0 Å². The van der Waals surface area contributed by atoms with Crippen molar-refractivity contribution in [2.75, 3.05) is 38.6 Å². The number of nitrogens with zero attached hydrogens (tertiary/aromatic N) is 4. The number of hydrogen-bond acceptors (Lipinski definition) is 4. The van der Waals surface area contributed by atoms with Crippen LogP contribution in [0.25, 0.3) is 0 Å². The van der Waals surface area contributed by atoms with Gasteiger partial charge in [-0.1, -0.05) is 13.8 Å². The van der Waals surface area contributed by atoms with Crippen molar-refractivity contribution in [2.24, 2.45) is 5.92 Å². The van der Waals surface area contributed by atoms with E-state index in [2.05, 4.69) is 70.3 Å². The Morgan fingerprint density at radius 3 is 2.24 bits per heavy atom. The van der Waals surface area contributed by atoms with Crippen LogP contribution in [-0.2, 0) is 0 Å². The van der Waals surface area contributed by atoms with Crippen LogP contribution in [-0.4, -0.2) is 48.6 Å². The fraction of sp³-hybridized carbons (Fsp3) is 0.667. The molecule has 0 unspecified atom stereocenters. The van der Waals surface area contributed by atoms with Gasteiger partial charge in [0.2, 0.25) is 5.95 Å². The van der Waals surface area contributed by atoms with Crippen molar-refractivity contribution < 1.29 is 0 Å². The smallest absolute Gasteiger partial charge is 0.225 e. The van der Waals surface area contributed by atoms with Gasteiger partial charge in [0, 0.05) is 35.6 Å². The first-order valence-electron chi connectivity index (χ1n) is 5.86. The van der Waals surface area contributed by atoms with Gasteiger partial charge in [-0.2, -0.15) is 0 Å². The van der Waals surface area contributed by atoms with Crippen molar-refractivity contribution in [3.05, 3.63) is 16.0 Å². The standard InChI is InChI=1S/C12H21IN4/c1-10(2)9-17(6-5-16(3)4)12-14-7-11(13)8-15-12/h7-8,10H,5-6,9H2,1-4H3. The Labute approximate surface area is 118 Å². The summed E-state index contributed by atoms with van der Waals surface area (Å²) in [5.41, 5.74) is 0. The highest BCUT2D eigenvalue weighted by atomic mass is 127. The van der Waals surface area contributed by atoms with Crippen LogP contribution >= 0.6 is 22.6 Å². The van der Waals surface area contributed by atoms with E-state index in [1.165, 1.54) is 0 Å². The van der Waals surface area contributed by atoms with E-state index >= 15 is 0 Å². The maximum absolute atomic E-state index is 4.40. The van der Waals surface area contributed by atoms with Gasteiger partial charge >= 0.3 is 0 Å². The molecule has 4 nitrogen and oxygen atoms in total. The molecule has 1 rings (SSSR count). The van der Waals surface area contributed by atoms with Gasteiger partial charge in [0.1, 0.15) is 0 Å². The molecule has 1 aromatic rings. The van der Waals surface area contributed by atoms with Crippen molar-refractivity contribution in [3.63, 3.8) is 0 Å². The summed E-state index contributed by atoms with van der Waals surface area (Å²) in [6, 6.07) is 0. The molecule has 17 heavy (non-hydrogen) atoms. The van der Waals surface area contributed by atoms with E-state index in [0.29, 0.717) is 5.92 Å². The van der Waals surface area contributed by atoms with Crippen molar-refractivity contribution in [2.45, 2.75) is 13.8 Å². The average molecular weight is 348 g/mol. The molecular weight excluding hydrogens is 327 g/mol. The Bertz CT molecular complexity index is 324. The van der Waals surface area contributed by atoms with E-state index in [4.69, 9.17) is 0 Å². The highest BCUT2D eigenvalue weighted by Gasteiger charge is 2.11.